The number of anilines is 1. The van der Waals surface area contributed by atoms with Crippen LogP contribution in [-0.2, 0) is 18.6 Å². The second-order valence-electron chi connectivity index (χ2n) is 8.60. The van der Waals surface area contributed by atoms with Gasteiger partial charge < -0.3 is 24.4 Å². The highest BCUT2D eigenvalue weighted by Gasteiger charge is 2.51. The summed E-state index contributed by atoms with van der Waals surface area (Å²) in [6.45, 7) is 11.8. The van der Waals surface area contributed by atoms with Crippen LogP contribution in [0.4, 0.5) is 5.82 Å². The zero-order valence-electron chi connectivity index (χ0n) is 16.4. The van der Waals surface area contributed by atoms with Crippen LogP contribution in [0.1, 0.15) is 27.0 Å². The molecule has 2 saturated heterocycles. The van der Waals surface area contributed by atoms with Crippen molar-refractivity contribution in [3.05, 3.63) is 12.7 Å². The molecule has 0 aliphatic carbocycles. The first-order valence-electron chi connectivity index (χ1n) is 9.15. The van der Waals surface area contributed by atoms with Crippen LogP contribution in [-0.4, -0.2) is 59.5 Å². The molecular formula is C17H27N5O4Si. The first-order valence-corrected chi connectivity index (χ1v) is 12.1. The van der Waals surface area contributed by atoms with E-state index in [1.165, 1.54) is 6.33 Å². The van der Waals surface area contributed by atoms with Gasteiger partial charge in [0.05, 0.1) is 12.9 Å². The van der Waals surface area contributed by atoms with E-state index in [4.69, 9.17) is 24.4 Å². The first-order chi connectivity index (χ1) is 12.7. The van der Waals surface area contributed by atoms with E-state index in [2.05, 4.69) is 48.8 Å². The number of ether oxygens (including phenoxy) is 3. The molecule has 9 nitrogen and oxygen atoms in total. The quantitative estimate of drug-likeness (QED) is 0.787. The number of nitrogen functional groups attached to an aromatic ring is 1. The number of nitrogens with zero attached hydrogens (tertiary/aromatic N) is 4. The molecule has 0 aromatic carbocycles. The zero-order chi connectivity index (χ0) is 19.4. The molecule has 2 aliphatic heterocycles. The maximum atomic E-state index is 6.37. The molecule has 2 N–H and O–H groups in total. The van der Waals surface area contributed by atoms with E-state index >= 15 is 0 Å². The molecule has 0 bridgehead atoms. The lowest BCUT2D eigenvalue weighted by molar-refractivity contribution is -0.107. The molecule has 0 saturated carbocycles. The van der Waals surface area contributed by atoms with Crippen molar-refractivity contribution < 1.29 is 18.6 Å². The van der Waals surface area contributed by atoms with E-state index in [1.54, 1.807) is 6.33 Å². The molecule has 2 aliphatic rings. The highest BCUT2D eigenvalue weighted by atomic mass is 28.4. The highest BCUT2D eigenvalue weighted by Crippen LogP contribution is 2.41. The lowest BCUT2D eigenvalue weighted by Gasteiger charge is -2.37. The number of hydrogen-bond acceptors (Lipinski definition) is 8. The van der Waals surface area contributed by atoms with E-state index < -0.39 is 14.5 Å². The molecule has 4 atom stereocenters. The van der Waals surface area contributed by atoms with Crippen LogP contribution in [0.2, 0.25) is 18.1 Å². The molecule has 10 heteroatoms. The Morgan fingerprint density at radius 1 is 1.22 bits per heavy atom. The Labute approximate surface area is 159 Å². The Bertz CT molecular complexity index is 836. The molecule has 0 radical (unpaired) electrons. The molecule has 2 aromatic rings. The summed E-state index contributed by atoms with van der Waals surface area (Å²) in [7, 11) is -1.89. The minimum Gasteiger partial charge on any atom is -0.414 e. The summed E-state index contributed by atoms with van der Waals surface area (Å²) >= 11 is 0. The van der Waals surface area contributed by atoms with Crippen molar-refractivity contribution in [2.75, 3.05) is 19.1 Å². The van der Waals surface area contributed by atoms with Crippen molar-refractivity contribution in [2.45, 2.75) is 63.4 Å². The average Bonchev–Trinajstić information content (AvgIpc) is 3.27. The number of nitrogens with two attached hydrogens (primary N) is 1. The number of aromatic nitrogens is 4. The van der Waals surface area contributed by atoms with Gasteiger partial charge in [-0.05, 0) is 18.1 Å². The van der Waals surface area contributed by atoms with Crippen LogP contribution >= 0.6 is 0 Å². The van der Waals surface area contributed by atoms with E-state index in [1.807, 2.05) is 4.57 Å². The fourth-order valence-electron chi connectivity index (χ4n) is 3.20. The van der Waals surface area contributed by atoms with Gasteiger partial charge in [-0.15, -0.1) is 0 Å². The van der Waals surface area contributed by atoms with Crippen molar-refractivity contribution in [1.82, 2.24) is 19.5 Å². The van der Waals surface area contributed by atoms with Gasteiger partial charge in [-0.2, -0.15) is 0 Å². The largest absolute Gasteiger partial charge is 0.414 e. The van der Waals surface area contributed by atoms with E-state index in [9.17, 15) is 0 Å². The molecule has 0 amide bonds. The molecule has 4 heterocycles. The van der Waals surface area contributed by atoms with Crippen molar-refractivity contribution in [3.8, 4) is 0 Å². The number of fused-ring (bicyclic) bond motifs is 2. The maximum Gasteiger partial charge on any atom is 0.192 e. The average molecular weight is 394 g/mol. The Morgan fingerprint density at radius 3 is 2.70 bits per heavy atom. The normalized spacial score (nSPS) is 28.8. The number of hydrogen-bond donors (Lipinski definition) is 1. The SMILES string of the molecule is CC(C)(C)[Si](C)(C)OC[C@H]1O[C@@H](n2cnc3c(N)ncnc32)[C@@H]2OCO[C@@H]21. The monoisotopic (exact) mass is 393 g/mol. The Balaban J connectivity index is 1.57. The molecule has 2 fully saturated rings. The first kappa shape index (κ1) is 18.8. The topological polar surface area (TPSA) is 107 Å². The van der Waals surface area contributed by atoms with Crippen molar-refractivity contribution >= 4 is 25.3 Å². The van der Waals surface area contributed by atoms with Crippen LogP contribution in [0.25, 0.3) is 11.2 Å². The van der Waals surface area contributed by atoms with Gasteiger partial charge in [0, 0.05) is 0 Å². The van der Waals surface area contributed by atoms with Gasteiger partial charge in [-0.1, -0.05) is 20.8 Å². The minimum atomic E-state index is -1.89. The van der Waals surface area contributed by atoms with Gasteiger partial charge in [0.2, 0.25) is 0 Å². The second kappa shape index (κ2) is 6.49. The predicted molar refractivity (Wildman–Crippen MR) is 101 cm³/mol. The molecule has 2 aromatic heterocycles. The third-order valence-corrected chi connectivity index (χ3v) is 10.4. The van der Waals surface area contributed by atoms with E-state index in [0.29, 0.717) is 23.6 Å². The summed E-state index contributed by atoms with van der Waals surface area (Å²) < 4.78 is 26.1. The summed E-state index contributed by atoms with van der Waals surface area (Å²) in [5.74, 6) is 0.342. The summed E-state index contributed by atoms with van der Waals surface area (Å²) in [6.07, 6.45) is 2.05. The third-order valence-electron chi connectivity index (χ3n) is 5.88. The van der Waals surface area contributed by atoms with Gasteiger partial charge in [0.25, 0.3) is 0 Å². The third kappa shape index (κ3) is 3.15. The van der Waals surface area contributed by atoms with Crippen LogP contribution in [0.5, 0.6) is 0 Å². The van der Waals surface area contributed by atoms with Crippen LogP contribution in [0.3, 0.4) is 0 Å². The maximum absolute atomic E-state index is 6.37. The van der Waals surface area contributed by atoms with Gasteiger partial charge in [0.15, 0.2) is 26.0 Å². The second-order valence-corrected chi connectivity index (χ2v) is 13.4. The molecule has 148 valence electrons. The summed E-state index contributed by atoms with van der Waals surface area (Å²) in [5, 5.41) is 0.131. The predicted octanol–water partition coefficient (Wildman–Crippen LogP) is 2.07. The summed E-state index contributed by atoms with van der Waals surface area (Å²) in [4.78, 5) is 12.6. The Morgan fingerprint density at radius 2 is 1.96 bits per heavy atom. The lowest BCUT2D eigenvalue weighted by atomic mass is 10.1. The fraction of sp³-hybridized carbons (Fsp3) is 0.706. The van der Waals surface area contributed by atoms with Crippen molar-refractivity contribution in [2.24, 2.45) is 0 Å². The van der Waals surface area contributed by atoms with Gasteiger partial charge in [-0.25, -0.2) is 15.0 Å². The molecule has 0 spiro atoms. The molecule has 0 unspecified atom stereocenters. The van der Waals surface area contributed by atoms with Crippen LogP contribution < -0.4 is 5.73 Å². The highest BCUT2D eigenvalue weighted by molar-refractivity contribution is 6.74. The molecular weight excluding hydrogens is 366 g/mol. The standard InChI is InChI=1S/C17H27N5O4Si/c1-17(2,3)27(4,5)25-6-10-12-13(24-9-23-12)16(26-10)22-8-21-11-14(18)19-7-20-15(11)22/h7-8,10,12-13,16H,6,9H2,1-5H3,(H2,18,19,20)/t10-,12-,13-,16-/m1/s1. The summed E-state index contributed by atoms with van der Waals surface area (Å²) in [5.41, 5.74) is 7.07. The van der Waals surface area contributed by atoms with Crippen molar-refractivity contribution in [3.63, 3.8) is 0 Å². The number of rotatable bonds is 4. The van der Waals surface area contributed by atoms with E-state index in [-0.39, 0.29) is 30.1 Å². The smallest absolute Gasteiger partial charge is 0.192 e. The lowest BCUT2D eigenvalue weighted by Crippen LogP contribution is -2.44. The molecule has 27 heavy (non-hydrogen) atoms. The van der Waals surface area contributed by atoms with Gasteiger partial charge in [-0.3, -0.25) is 4.57 Å². The van der Waals surface area contributed by atoms with Crippen molar-refractivity contribution in [1.29, 1.82) is 0 Å². The fourth-order valence-corrected chi connectivity index (χ4v) is 4.22. The van der Waals surface area contributed by atoms with Crippen LogP contribution in [0.15, 0.2) is 12.7 Å². The van der Waals surface area contributed by atoms with Gasteiger partial charge in [0.1, 0.15) is 36.9 Å². The molecule has 4 rings (SSSR count). The van der Waals surface area contributed by atoms with Gasteiger partial charge >= 0.3 is 0 Å². The Hall–Kier alpha value is -1.59. The minimum absolute atomic E-state index is 0.131. The Kier molecular flexibility index (Phi) is 4.51. The number of imidazole rings is 1. The van der Waals surface area contributed by atoms with E-state index in [0.717, 1.165) is 0 Å². The summed E-state index contributed by atoms with van der Waals surface area (Å²) in [6, 6.07) is 0. The zero-order valence-corrected chi connectivity index (χ0v) is 17.4. The van der Waals surface area contributed by atoms with Crippen LogP contribution in [0, 0.1) is 0 Å².